The molecule has 0 spiro atoms. The summed E-state index contributed by atoms with van der Waals surface area (Å²) in [6.45, 7) is 6.39. The summed E-state index contributed by atoms with van der Waals surface area (Å²) in [6.07, 6.45) is 0. The van der Waals surface area contributed by atoms with E-state index in [1.807, 2.05) is 57.2 Å². The summed E-state index contributed by atoms with van der Waals surface area (Å²) in [6, 6.07) is 17.4. The minimum atomic E-state index is -0.837. The second kappa shape index (κ2) is 9.52. The van der Waals surface area contributed by atoms with Crippen LogP contribution in [0.25, 0.3) is 16.0 Å². The van der Waals surface area contributed by atoms with E-state index in [-0.39, 0.29) is 11.3 Å². The second-order valence-electron chi connectivity index (χ2n) is 8.61. The molecule has 0 saturated carbocycles. The van der Waals surface area contributed by atoms with Crippen LogP contribution in [0.2, 0.25) is 0 Å². The molecule has 1 saturated heterocycles. The number of aliphatic hydroxyl groups is 1. The van der Waals surface area contributed by atoms with E-state index in [0.29, 0.717) is 28.6 Å². The van der Waals surface area contributed by atoms with E-state index in [0.717, 1.165) is 25.8 Å². The lowest BCUT2D eigenvalue weighted by atomic mass is 9.95. The topological polar surface area (TPSA) is 79.7 Å². The molecule has 0 unspecified atom stereocenters. The predicted molar refractivity (Wildman–Crippen MR) is 146 cm³/mol. The number of ether oxygens (including phenoxy) is 1. The Hall–Kier alpha value is -3.49. The number of aryl methyl sites for hydroxylation is 2. The molecule has 1 aliphatic rings. The van der Waals surface area contributed by atoms with Gasteiger partial charge >= 0.3 is 5.91 Å². The molecule has 36 heavy (non-hydrogen) atoms. The summed E-state index contributed by atoms with van der Waals surface area (Å²) in [5.74, 6) is -1.06. The fourth-order valence-electron chi connectivity index (χ4n) is 4.52. The number of carbonyl (C=O) groups excluding carboxylic acids is 2. The number of aromatic nitrogens is 1. The van der Waals surface area contributed by atoms with Crippen LogP contribution in [-0.4, -0.2) is 28.4 Å². The molecule has 5 rings (SSSR count). The van der Waals surface area contributed by atoms with Crippen molar-refractivity contribution in [3.05, 3.63) is 93.0 Å². The summed E-state index contributed by atoms with van der Waals surface area (Å²) < 4.78 is 7.22. The SMILES string of the molecule is CCOc1ccc(C(O)=C2C(=O)C(=O)N(c3nc4c(C)cc(C)cc4s3)[C@@H]2c2cccc(Br)c2)cc1. The van der Waals surface area contributed by atoms with Crippen molar-refractivity contribution in [3.8, 4) is 5.75 Å². The largest absolute Gasteiger partial charge is 0.507 e. The highest BCUT2D eigenvalue weighted by atomic mass is 79.9. The molecule has 3 aromatic carbocycles. The van der Waals surface area contributed by atoms with Crippen LogP contribution in [-0.2, 0) is 9.59 Å². The fourth-order valence-corrected chi connectivity index (χ4v) is 6.10. The Labute approximate surface area is 221 Å². The first-order chi connectivity index (χ1) is 17.3. The van der Waals surface area contributed by atoms with Gasteiger partial charge in [0.1, 0.15) is 11.5 Å². The molecular weight excluding hydrogens is 540 g/mol. The molecule has 0 radical (unpaired) electrons. The van der Waals surface area contributed by atoms with E-state index in [1.54, 1.807) is 24.3 Å². The van der Waals surface area contributed by atoms with Crippen LogP contribution in [0.1, 0.15) is 35.2 Å². The van der Waals surface area contributed by atoms with Gasteiger partial charge in [-0.05, 0) is 79.9 Å². The van der Waals surface area contributed by atoms with E-state index >= 15 is 0 Å². The number of halogens is 1. The number of fused-ring (bicyclic) bond motifs is 1. The van der Waals surface area contributed by atoms with Gasteiger partial charge in [-0.1, -0.05) is 45.5 Å². The van der Waals surface area contributed by atoms with Gasteiger partial charge in [0, 0.05) is 10.0 Å². The third-order valence-electron chi connectivity index (χ3n) is 6.07. The van der Waals surface area contributed by atoms with Gasteiger partial charge < -0.3 is 9.84 Å². The van der Waals surface area contributed by atoms with Crippen molar-refractivity contribution in [3.63, 3.8) is 0 Å². The highest BCUT2D eigenvalue weighted by molar-refractivity contribution is 9.10. The van der Waals surface area contributed by atoms with E-state index in [2.05, 4.69) is 15.9 Å². The van der Waals surface area contributed by atoms with E-state index in [1.165, 1.54) is 16.2 Å². The molecule has 0 aliphatic carbocycles. The number of benzene rings is 3. The molecule has 1 aromatic heterocycles. The Morgan fingerprint density at radius 3 is 2.56 bits per heavy atom. The molecular formula is C28H23BrN2O4S. The molecule has 182 valence electrons. The zero-order chi connectivity index (χ0) is 25.6. The van der Waals surface area contributed by atoms with Gasteiger partial charge in [-0.25, -0.2) is 4.98 Å². The van der Waals surface area contributed by atoms with Crippen LogP contribution in [0.4, 0.5) is 5.13 Å². The number of rotatable bonds is 5. The lowest BCUT2D eigenvalue weighted by molar-refractivity contribution is -0.132. The number of hydrogen-bond donors (Lipinski definition) is 1. The second-order valence-corrected chi connectivity index (χ2v) is 10.5. The number of ketones is 1. The van der Waals surface area contributed by atoms with Gasteiger partial charge in [-0.2, -0.15) is 0 Å². The van der Waals surface area contributed by atoms with Gasteiger partial charge in [0.2, 0.25) is 0 Å². The predicted octanol–water partition coefficient (Wildman–Crippen LogP) is 6.70. The number of thiazole rings is 1. The monoisotopic (exact) mass is 562 g/mol. The highest BCUT2D eigenvalue weighted by Crippen LogP contribution is 2.45. The van der Waals surface area contributed by atoms with Crippen LogP contribution in [0.5, 0.6) is 5.75 Å². The van der Waals surface area contributed by atoms with Crippen molar-refractivity contribution in [1.29, 1.82) is 0 Å². The number of carbonyl (C=O) groups is 2. The van der Waals surface area contributed by atoms with Crippen LogP contribution in [0, 0.1) is 13.8 Å². The van der Waals surface area contributed by atoms with Gasteiger partial charge in [-0.3, -0.25) is 14.5 Å². The lowest BCUT2D eigenvalue weighted by Gasteiger charge is -2.23. The molecule has 1 N–H and O–H groups in total. The summed E-state index contributed by atoms with van der Waals surface area (Å²) in [5, 5.41) is 11.7. The fraction of sp³-hybridized carbons (Fsp3) is 0.179. The maximum absolute atomic E-state index is 13.5. The van der Waals surface area contributed by atoms with E-state index < -0.39 is 17.7 Å². The van der Waals surface area contributed by atoms with Crippen molar-refractivity contribution in [2.24, 2.45) is 0 Å². The van der Waals surface area contributed by atoms with Crippen molar-refractivity contribution < 1.29 is 19.4 Å². The highest BCUT2D eigenvalue weighted by Gasteiger charge is 2.48. The zero-order valence-corrected chi connectivity index (χ0v) is 22.3. The number of hydrogen-bond acceptors (Lipinski definition) is 6. The third kappa shape index (κ3) is 4.20. The number of nitrogens with zero attached hydrogens (tertiary/aromatic N) is 2. The number of Topliss-reactive ketones (excluding diaryl/α,β-unsaturated/α-hetero) is 1. The molecule has 1 amide bonds. The molecule has 1 aliphatic heterocycles. The molecule has 8 heteroatoms. The van der Waals surface area contributed by atoms with Gasteiger partial charge in [0.05, 0.1) is 28.4 Å². The van der Waals surface area contributed by atoms with Crippen molar-refractivity contribution in [1.82, 2.24) is 4.98 Å². The summed E-state index contributed by atoms with van der Waals surface area (Å²) >= 11 is 4.85. The van der Waals surface area contributed by atoms with Crippen molar-refractivity contribution in [2.45, 2.75) is 26.8 Å². The Kier molecular flexibility index (Phi) is 6.40. The maximum atomic E-state index is 13.5. The van der Waals surface area contributed by atoms with E-state index in [4.69, 9.17) is 9.72 Å². The van der Waals surface area contributed by atoms with Crippen LogP contribution in [0.15, 0.2) is 70.7 Å². The molecule has 0 bridgehead atoms. The molecule has 4 aromatic rings. The van der Waals surface area contributed by atoms with Gasteiger partial charge in [-0.15, -0.1) is 0 Å². The quantitative estimate of drug-likeness (QED) is 0.166. The van der Waals surface area contributed by atoms with Gasteiger partial charge in [0.25, 0.3) is 5.78 Å². The standard InChI is InChI=1S/C28H23BrN2O4S/c1-4-35-20-10-8-17(9-11-20)25(32)22-24(18-6-5-7-19(29)14-18)31(27(34)26(22)33)28-30-23-16(3)12-15(2)13-21(23)36-28/h5-14,24,32H,4H2,1-3H3/t24-/m1/s1. The Bertz CT molecular complexity index is 1540. The first-order valence-corrected chi connectivity index (χ1v) is 13.1. The number of amides is 1. The van der Waals surface area contributed by atoms with Crippen molar-refractivity contribution >= 4 is 60.1 Å². The average molecular weight is 563 g/mol. The van der Waals surface area contributed by atoms with Crippen LogP contribution in [0.3, 0.4) is 0 Å². The summed E-state index contributed by atoms with van der Waals surface area (Å²) in [5.41, 5.74) is 4.01. The van der Waals surface area contributed by atoms with Crippen molar-refractivity contribution in [2.75, 3.05) is 11.5 Å². The molecule has 6 nitrogen and oxygen atoms in total. The molecule has 1 fully saturated rings. The normalized spacial score (nSPS) is 17.2. The minimum absolute atomic E-state index is 0.0226. The Morgan fingerprint density at radius 1 is 1.11 bits per heavy atom. The molecule has 1 atom stereocenters. The summed E-state index contributed by atoms with van der Waals surface area (Å²) in [4.78, 5) is 33.0. The molecule has 2 heterocycles. The first-order valence-electron chi connectivity index (χ1n) is 11.5. The van der Waals surface area contributed by atoms with Crippen LogP contribution < -0.4 is 9.64 Å². The maximum Gasteiger partial charge on any atom is 0.301 e. The first kappa shape index (κ1) is 24.2. The lowest BCUT2D eigenvalue weighted by Crippen LogP contribution is -2.29. The number of anilines is 1. The Morgan fingerprint density at radius 2 is 1.86 bits per heavy atom. The average Bonchev–Trinajstić information content (AvgIpc) is 3.38. The minimum Gasteiger partial charge on any atom is -0.507 e. The third-order valence-corrected chi connectivity index (χ3v) is 7.57. The smallest absolute Gasteiger partial charge is 0.301 e. The van der Waals surface area contributed by atoms with Crippen LogP contribution >= 0.6 is 27.3 Å². The van der Waals surface area contributed by atoms with E-state index in [9.17, 15) is 14.7 Å². The summed E-state index contributed by atoms with van der Waals surface area (Å²) in [7, 11) is 0. The number of aliphatic hydroxyl groups excluding tert-OH is 1. The zero-order valence-electron chi connectivity index (χ0n) is 19.9. The Balaban J connectivity index is 1.70. The van der Waals surface area contributed by atoms with Gasteiger partial charge in [0.15, 0.2) is 5.13 Å².